The first-order valence-corrected chi connectivity index (χ1v) is 7.93. The van der Waals surface area contributed by atoms with Gasteiger partial charge < -0.3 is 15.1 Å². The number of amides is 2. The normalized spacial score (nSPS) is 28.1. The van der Waals surface area contributed by atoms with Crippen LogP contribution in [-0.2, 0) is 9.59 Å². The van der Waals surface area contributed by atoms with Crippen LogP contribution in [0.25, 0.3) is 0 Å². The highest BCUT2D eigenvalue weighted by Crippen LogP contribution is 2.18. The number of hydrogen-bond donors (Lipinski definition) is 1. The lowest BCUT2D eigenvalue weighted by Crippen LogP contribution is -2.53. The number of nitrogens with zero attached hydrogens (tertiary/aromatic N) is 2. The van der Waals surface area contributed by atoms with Crippen LogP contribution < -0.4 is 5.32 Å². The molecule has 2 saturated heterocycles. The molecule has 2 unspecified atom stereocenters. The van der Waals surface area contributed by atoms with Crippen molar-refractivity contribution in [3.63, 3.8) is 0 Å². The average Bonchev–Trinajstić information content (AvgIpc) is 2.72. The van der Waals surface area contributed by atoms with E-state index in [4.69, 9.17) is 0 Å². The van der Waals surface area contributed by atoms with E-state index < -0.39 is 0 Å². The summed E-state index contributed by atoms with van der Waals surface area (Å²) in [6, 6.07) is -0.0304. The molecule has 5 nitrogen and oxygen atoms in total. The van der Waals surface area contributed by atoms with Crippen molar-refractivity contribution in [1.29, 1.82) is 0 Å². The molecule has 20 heavy (non-hydrogen) atoms. The Labute approximate surface area is 121 Å². The smallest absolute Gasteiger partial charge is 0.240 e. The van der Waals surface area contributed by atoms with Crippen LogP contribution in [-0.4, -0.2) is 60.4 Å². The first kappa shape index (κ1) is 15.3. The Morgan fingerprint density at radius 2 is 1.80 bits per heavy atom. The van der Waals surface area contributed by atoms with Crippen molar-refractivity contribution in [2.24, 2.45) is 5.92 Å². The van der Waals surface area contributed by atoms with Crippen LogP contribution in [0, 0.1) is 5.92 Å². The largest absolute Gasteiger partial charge is 0.341 e. The fourth-order valence-corrected chi connectivity index (χ4v) is 3.19. The van der Waals surface area contributed by atoms with Crippen LogP contribution >= 0.6 is 0 Å². The van der Waals surface area contributed by atoms with E-state index in [2.05, 4.69) is 12.2 Å². The number of nitrogens with one attached hydrogen (secondary N) is 1. The molecule has 114 valence electrons. The van der Waals surface area contributed by atoms with Crippen LogP contribution in [0.1, 0.15) is 39.5 Å². The Morgan fingerprint density at radius 1 is 1.10 bits per heavy atom. The van der Waals surface area contributed by atoms with Crippen molar-refractivity contribution in [3.05, 3.63) is 0 Å². The highest BCUT2D eigenvalue weighted by atomic mass is 16.2. The second-order valence-corrected chi connectivity index (χ2v) is 5.96. The van der Waals surface area contributed by atoms with Crippen molar-refractivity contribution in [1.82, 2.24) is 15.1 Å². The van der Waals surface area contributed by atoms with Gasteiger partial charge >= 0.3 is 0 Å². The van der Waals surface area contributed by atoms with Gasteiger partial charge in [0.25, 0.3) is 0 Å². The average molecular weight is 281 g/mol. The molecule has 2 rings (SSSR count). The molecule has 2 aliphatic heterocycles. The van der Waals surface area contributed by atoms with Gasteiger partial charge in [0, 0.05) is 32.6 Å². The summed E-state index contributed by atoms with van der Waals surface area (Å²) in [6.45, 7) is 7.90. The van der Waals surface area contributed by atoms with Crippen LogP contribution in [0.2, 0.25) is 0 Å². The molecule has 2 aliphatic rings. The highest BCUT2D eigenvalue weighted by Gasteiger charge is 2.31. The maximum atomic E-state index is 12.6. The summed E-state index contributed by atoms with van der Waals surface area (Å²) in [4.78, 5) is 28.2. The molecule has 0 aromatic rings. The van der Waals surface area contributed by atoms with E-state index in [0.29, 0.717) is 25.4 Å². The Morgan fingerprint density at radius 3 is 2.50 bits per heavy atom. The van der Waals surface area contributed by atoms with Crippen LogP contribution in [0.15, 0.2) is 0 Å². The van der Waals surface area contributed by atoms with E-state index in [-0.39, 0.29) is 17.9 Å². The second kappa shape index (κ2) is 7.07. The molecular formula is C15H27N3O2. The molecule has 0 radical (unpaired) electrons. The van der Waals surface area contributed by atoms with Crippen LogP contribution in [0.3, 0.4) is 0 Å². The molecular weight excluding hydrogens is 254 g/mol. The lowest BCUT2D eigenvalue weighted by Gasteiger charge is -2.33. The Bertz CT molecular complexity index is 359. The Hall–Kier alpha value is -1.10. The minimum absolute atomic E-state index is 0.0304. The molecule has 0 aromatic heterocycles. The molecule has 2 atom stereocenters. The van der Waals surface area contributed by atoms with Crippen molar-refractivity contribution >= 4 is 11.8 Å². The van der Waals surface area contributed by atoms with Gasteiger partial charge in [0.05, 0.1) is 6.04 Å². The molecule has 2 heterocycles. The monoisotopic (exact) mass is 281 g/mol. The number of carbonyl (C=O) groups excluding carboxylic acids is 2. The molecule has 0 bridgehead atoms. The van der Waals surface area contributed by atoms with E-state index in [0.717, 1.165) is 38.9 Å². The summed E-state index contributed by atoms with van der Waals surface area (Å²) in [5.74, 6) is 0.833. The van der Waals surface area contributed by atoms with Gasteiger partial charge in [0.2, 0.25) is 11.8 Å². The molecule has 5 heteroatoms. The molecule has 1 N–H and O–H groups in total. The fourth-order valence-electron chi connectivity index (χ4n) is 3.19. The Kier molecular flexibility index (Phi) is 5.40. The highest BCUT2D eigenvalue weighted by molar-refractivity contribution is 5.82. The predicted octanol–water partition coefficient (Wildman–Crippen LogP) is 0.845. The third-order valence-electron chi connectivity index (χ3n) is 4.50. The number of piperidine rings is 1. The quantitative estimate of drug-likeness (QED) is 0.816. The van der Waals surface area contributed by atoms with E-state index >= 15 is 0 Å². The van der Waals surface area contributed by atoms with E-state index in [1.807, 2.05) is 16.7 Å². The summed E-state index contributed by atoms with van der Waals surface area (Å²) < 4.78 is 0. The zero-order valence-electron chi connectivity index (χ0n) is 12.7. The summed E-state index contributed by atoms with van der Waals surface area (Å²) in [5.41, 5.74) is 0. The minimum atomic E-state index is -0.0304. The van der Waals surface area contributed by atoms with Gasteiger partial charge in [-0.15, -0.1) is 0 Å². The molecule has 0 aromatic carbocycles. The van der Waals surface area contributed by atoms with Gasteiger partial charge in [0.15, 0.2) is 0 Å². The summed E-state index contributed by atoms with van der Waals surface area (Å²) >= 11 is 0. The zero-order chi connectivity index (χ0) is 14.5. The van der Waals surface area contributed by atoms with Gasteiger partial charge in [-0.3, -0.25) is 9.59 Å². The first-order chi connectivity index (χ1) is 9.63. The number of hydrogen-bond acceptors (Lipinski definition) is 3. The standard InChI is InChI=1S/C15H27N3O2/c1-3-13(19)17-8-5-9-18(11-10-17)15(20)14-12(2)6-4-7-16-14/h12,14,16H,3-11H2,1-2H3. The number of rotatable bonds is 2. The summed E-state index contributed by atoms with van der Waals surface area (Å²) in [5, 5.41) is 3.36. The van der Waals surface area contributed by atoms with Crippen molar-refractivity contribution < 1.29 is 9.59 Å². The molecule has 0 saturated carbocycles. The fraction of sp³-hybridized carbons (Fsp3) is 0.867. The van der Waals surface area contributed by atoms with Gasteiger partial charge in [-0.25, -0.2) is 0 Å². The van der Waals surface area contributed by atoms with Crippen LogP contribution in [0.5, 0.6) is 0 Å². The summed E-state index contributed by atoms with van der Waals surface area (Å²) in [7, 11) is 0. The number of carbonyl (C=O) groups is 2. The topological polar surface area (TPSA) is 52.7 Å². The van der Waals surface area contributed by atoms with Crippen molar-refractivity contribution in [3.8, 4) is 0 Å². The first-order valence-electron chi connectivity index (χ1n) is 7.93. The van der Waals surface area contributed by atoms with Gasteiger partial charge in [0.1, 0.15) is 0 Å². The van der Waals surface area contributed by atoms with Crippen molar-refractivity contribution in [2.75, 3.05) is 32.7 Å². The van der Waals surface area contributed by atoms with Gasteiger partial charge in [-0.1, -0.05) is 13.8 Å². The molecule has 0 spiro atoms. The zero-order valence-corrected chi connectivity index (χ0v) is 12.7. The van der Waals surface area contributed by atoms with Gasteiger partial charge in [-0.05, 0) is 31.7 Å². The van der Waals surface area contributed by atoms with Crippen LogP contribution in [0.4, 0.5) is 0 Å². The SMILES string of the molecule is CCC(=O)N1CCCN(C(=O)C2NCCCC2C)CC1. The predicted molar refractivity (Wildman–Crippen MR) is 78.3 cm³/mol. The van der Waals surface area contributed by atoms with E-state index in [1.54, 1.807) is 0 Å². The van der Waals surface area contributed by atoms with Crippen molar-refractivity contribution in [2.45, 2.75) is 45.6 Å². The second-order valence-electron chi connectivity index (χ2n) is 5.96. The van der Waals surface area contributed by atoms with E-state index in [1.165, 1.54) is 0 Å². The third-order valence-corrected chi connectivity index (χ3v) is 4.50. The summed E-state index contributed by atoms with van der Waals surface area (Å²) in [6.07, 6.45) is 3.72. The maximum absolute atomic E-state index is 12.6. The molecule has 2 amide bonds. The minimum Gasteiger partial charge on any atom is -0.341 e. The van der Waals surface area contributed by atoms with Gasteiger partial charge in [-0.2, -0.15) is 0 Å². The molecule has 0 aliphatic carbocycles. The maximum Gasteiger partial charge on any atom is 0.240 e. The third kappa shape index (κ3) is 3.51. The van der Waals surface area contributed by atoms with E-state index in [9.17, 15) is 9.59 Å². The molecule has 2 fully saturated rings. The Balaban J connectivity index is 1.92. The lowest BCUT2D eigenvalue weighted by atomic mass is 9.92. The lowest BCUT2D eigenvalue weighted by molar-refractivity contribution is -0.136.